The van der Waals surface area contributed by atoms with Crippen LogP contribution >= 0.6 is 27.4 Å². The number of thiocarbonyl (C=S) groups is 1. The van der Waals surface area contributed by atoms with E-state index in [0.29, 0.717) is 11.3 Å². The topological polar surface area (TPSA) is 132 Å². The molecule has 0 atom stereocenters. The number of allylic oxidation sites excluding steroid dienone is 4. The predicted molar refractivity (Wildman–Crippen MR) is 76.6 cm³/mol. The monoisotopic (exact) mass is 340 g/mol. The molecular formula is C10H14O7P2S. The van der Waals surface area contributed by atoms with Crippen molar-refractivity contribution in [3.63, 3.8) is 0 Å². The van der Waals surface area contributed by atoms with E-state index in [9.17, 15) is 13.9 Å². The molecule has 20 heavy (non-hydrogen) atoms. The van der Waals surface area contributed by atoms with Crippen molar-refractivity contribution in [2.24, 2.45) is 0 Å². The Labute approximate surface area is 120 Å². The molecule has 0 fully saturated rings. The van der Waals surface area contributed by atoms with Gasteiger partial charge in [-0.3, -0.25) is 13.9 Å². The third kappa shape index (κ3) is 4.82. The van der Waals surface area contributed by atoms with Crippen molar-refractivity contribution in [2.45, 2.75) is 24.7 Å². The molecule has 1 aliphatic rings. The van der Waals surface area contributed by atoms with Crippen LogP contribution in [0.1, 0.15) is 19.3 Å². The highest BCUT2D eigenvalue weighted by molar-refractivity contribution is 7.81. The second-order valence-corrected chi connectivity index (χ2v) is 8.76. The quantitative estimate of drug-likeness (QED) is 0.420. The van der Waals surface area contributed by atoms with Crippen LogP contribution in [-0.4, -0.2) is 35.6 Å². The van der Waals surface area contributed by atoms with Crippen LogP contribution in [0.2, 0.25) is 0 Å². The summed E-state index contributed by atoms with van der Waals surface area (Å²) in [6, 6.07) is 0. The molecule has 0 aromatic heterocycles. The van der Waals surface area contributed by atoms with Crippen LogP contribution < -0.4 is 0 Å². The summed E-state index contributed by atoms with van der Waals surface area (Å²) >= 11 is 4.98. The number of carbonyl (C=O) groups excluding carboxylic acids is 1. The van der Waals surface area contributed by atoms with Gasteiger partial charge < -0.3 is 19.6 Å². The van der Waals surface area contributed by atoms with E-state index in [4.69, 9.17) is 31.8 Å². The molecule has 1 rings (SSSR count). The summed E-state index contributed by atoms with van der Waals surface area (Å²) in [7, 11) is -9.98. The summed E-state index contributed by atoms with van der Waals surface area (Å²) in [5.41, 5.74) is 0.248. The first-order chi connectivity index (χ1) is 9.03. The summed E-state index contributed by atoms with van der Waals surface area (Å²) in [5, 5.41) is -2.16. The molecule has 0 heterocycles. The Bertz CT molecular complexity index is 546. The highest BCUT2D eigenvalue weighted by Gasteiger charge is 2.43. The van der Waals surface area contributed by atoms with E-state index in [-0.39, 0.29) is 12.0 Å². The van der Waals surface area contributed by atoms with Crippen LogP contribution in [0.4, 0.5) is 0 Å². The Hall–Kier alpha value is -0.460. The zero-order valence-corrected chi connectivity index (χ0v) is 12.9. The van der Waals surface area contributed by atoms with Gasteiger partial charge in [0.25, 0.3) is 0 Å². The Balaban J connectivity index is 2.79. The van der Waals surface area contributed by atoms with Gasteiger partial charge >= 0.3 is 15.2 Å². The second kappa shape index (κ2) is 6.54. The van der Waals surface area contributed by atoms with Gasteiger partial charge in [0.2, 0.25) is 0 Å². The van der Waals surface area contributed by atoms with Gasteiger partial charge in [-0.1, -0.05) is 30.4 Å². The van der Waals surface area contributed by atoms with Crippen molar-refractivity contribution in [1.82, 2.24) is 0 Å². The maximum absolute atomic E-state index is 11.9. The molecule has 7 nitrogen and oxygen atoms in total. The van der Waals surface area contributed by atoms with Crippen LogP contribution in [0.5, 0.6) is 0 Å². The number of hydrogen-bond donors (Lipinski definition) is 4. The first-order valence-electron chi connectivity index (χ1n) is 5.57. The van der Waals surface area contributed by atoms with Crippen molar-refractivity contribution >= 4 is 38.1 Å². The molecule has 0 saturated carbocycles. The molecule has 0 aliphatic heterocycles. The molecule has 4 N–H and O–H groups in total. The van der Waals surface area contributed by atoms with E-state index in [1.54, 1.807) is 12.2 Å². The second-order valence-electron chi connectivity index (χ2n) is 4.26. The number of hydrogen-bond acceptors (Lipinski definition) is 4. The van der Waals surface area contributed by atoms with Crippen molar-refractivity contribution in [1.29, 1.82) is 0 Å². The summed E-state index contributed by atoms with van der Waals surface area (Å²) < 4.78 is 22.1. The lowest BCUT2D eigenvalue weighted by molar-refractivity contribution is -0.115. The van der Waals surface area contributed by atoms with Crippen molar-refractivity contribution < 1.29 is 33.5 Å². The molecular weight excluding hydrogens is 326 g/mol. The Kier molecular flexibility index (Phi) is 5.75. The van der Waals surface area contributed by atoms with E-state index in [0.717, 1.165) is 0 Å². The Morgan fingerprint density at radius 2 is 1.80 bits per heavy atom. The van der Waals surface area contributed by atoms with Gasteiger partial charge in [0.1, 0.15) is 0 Å². The minimum absolute atomic E-state index is 0.248. The third-order valence-electron chi connectivity index (χ3n) is 2.71. The molecule has 0 amide bonds. The third-order valence-corrected chi connectivity index (χ3v) is 6.97. The normalized spacial score (nSPS) is 16.4. The number of carbonyl (C=O) groups is 1. The summed E-state index contributed by atoms with van der Waals surface area (Å²) in [6.07, 6.45) is 4.31. The van der Waals surface area contributed by atoms with Crippen LogP contribution in [-0.2, 0) is 13.9 Å². The number of Topliss-reactive ketones (excluding diaryl/α,β-unsaturated/α-hetero) is 1. The fourth-order valence-corrected chi connectivity index (χ4v) is 4.49. The van der Waals surface area contributed by atoms with Gasteiger partial charge in [-0.25, -0.2) is 0 Å². The Morgan fingerprint density at radius 3 is 2.25 bits per heavy atom. The van der Waals surface area contributed by atoms with Crippen LogP contribution in [0.25, 0.3) is 0 Å². The summed E-state index contributed by atoms with van der Waals surface area (Å²) in [5.74, 6) is -0.480. The fraction of sp³-hybridized carbons (Fsp3) is 0.400. The molecule has 10 heteroatoms. The van der Waals surface area contributed by atoms with Gasteiger partial charge in [0.05, 0.1) is 0 Å². The standard InChI is InChI=1S/C10H14O7P2S/c11-8(7-3-1-2-4-9(7)20)5-6-10(18(12,13)14)19(15,16)17/h1-3,10H,4-6H2,(H2,12,13,14)(H2,15,16,17). The van der Waals surface area contributed by atoms with Crippen molar-refractivity contribution in [2.75, 3.05) is 0 Å². The highest BCUT2D eigenvalue weighted by atomic mass is 32.1. The lowest BCUT2D eigenvalue weighted by atomic mass is 9.98. The minimum atomic E-state index is -4.99. The van der Waals surface area contributed by atoms with Crippen LogP contribution in [0, 0.1) is 0 Å². The molecule has 0 saturated heterocycles. The van der Waals surface area contributed by atoms with Gasteiger partial charge in [-0.2, -0.15) is 0 Å². The largest absolute Gasteiger partial charge is 0.340 e. The molecule has 112 valence electrons. The van der Waals surface area contributed by atoms with Gasteiger partial charge in [-0.15, -0.1) is 0 Å². The summed E-state index contributed by atoms with van der Waals surface area (Å²) in [6.45, 7) is 0. The lowest BCUT2D eigenvalue weighted by Gasteiger charge is -2.19. The average molecular weight is 340 g/mol. The van der Waals surface area contributed by atoms with Gasteiger partial charge in [0.15, 0.2) is 11.2 Å². The van der Waals surface area contributed by atoms with E-state index in [1.807, 2.05) is 0 Å². The zero-order valence-electron chi connectivity index (χ0n) is 10.2. The molecule has 0 aromatic rings. The van der Waals surface area contributed by atoms with E-state index < -0.39 is 32.8 Å². The summed E-state index contributed by atoms with van der Waals surface area (Å²) in [4.78, 5) is 48.1. The molecule has 0 aromatic carbocycles. The van der Waals surface area contributed by atoms with E-state index in [1.165, 1.54) is 6.08 Å². The fourth-order valence-electron chi connectivity index (χ4n) is 1.72. The predicted octanol–water partition coefficient (Wildman–Crippen LogP) is 1.27. The first kappa shape index (κ1) is 17.6. The van der Waals surface area contributed by atoms with E-state index >= 15 is 0 Å². The van der Waals surface area contributed by atoms with Crippen molar-refractivity contribution in [3.8, 4) is 0 Å². The van der Waals surface area contributed by atoms with Gasteiger partial charge in [0, 0.05) is 23.3 Å². The molecule has 0 spiro atoms. The van der Waals surface area contributed by atoms with Crippen LogP contribution in [0.15, 0.2) is 23.8 Å². The SMILES string of the molecule is O=C(CCC(P(=O)(O)O)P(=O)(O)O)C1=CC=CCC1=S. The zero-order chi connectivity index (χ0) is 15.6. The maximum Gasteiger partial charge on any atom is 0.340 e. The maximum atomic E-state index is 11.9. The lowest BCUT2D eigenvalue weighted by Crippen LogP contribution is -2.16. The van der Waals surface area contributed by atoms with Gasteiger partial charge in [-0.05, 0) is 6.42 Å². The van der Waals surface area contributed by atoms with Crippen LogP contribution in [0.3, 0.4) is 0 Å². The smallest absolute Gasteiger partial charge is 0.324 e. The molecule has 0 radical (unpaired) electrons. The first-order valence-corrected chi connectivity index (χ1v) is 9.34. The minimum Gasteiger partial charge on any atom is -0.324 e. The average Bonchev–Trinajstić information content (AvgIpc) is 2.25. The van der Waals surface area contributed by atoms with E-state index in [2.05, 4.69) is 0 Å². The molecule has 1 aliphatic carbocycles. The highest BCUT2D eigenvalue weighted by Crippen LogP contribution is 2.61. The van der Waals surface area contributed by atoms with Crippen molar-refractivity contribution in [3.05, 3.63) is 23.8 Å². The molecule has 0 unspecified atom stereocenters. The number of rotatable bonds is 6. The molecule has 0 bridgehead atoms. The number of ketones is 1. The Morgan fingerprint density at radius 1 is 1.25 bits per heavy atom.